The van der Waals surface area contributed by atoms with Crippen LogP contribution in [0.15, 0.2) is 42.6 Å². The zero-order chi connectivity index (χ0) is 24.5. The molecule has 0 aliphatic carbocycles. The van der Waals surface area contributed by atoms with Crippen molar-refractivity contribution in [2.24, 2.45) is 0 Å². The third-order valence-electron chi connectivity index (χ3n) is 6.16. The van der Waals surface area contributed by atoms with E-state index in [0.717, 1.165) is 47.8 Å². The number of hydrogen-bond donors (Lipinski definition) is 2. The summed E-state index contributed by atoms with van der Waals surface area (Å²) in [5.74, 6) is 2.76. The topological polar surface area (TPSA) is 82.1 Å². The molecule has 3 rings (SSSR count). The Hall–Kier alpha value is -2.74. The molecule has 1 heterocycles. The summed E-state index contributed by atoms with van der Waals surface area (Å²) in [7, 11) is 6.57. The van der Waals surface area contributed by atoms with E-state index in [1.54, 1.807) is 28.4 Å². The third kappa shape index (κ3) is 6.90. The maximum atomic E-state index is 9.12. The number of rotatable bonds is 13. The van der Waals surface area contributed by atoms with Gasteiger partial charge in [0.15, 0.2) is 23.0 Å². The van der Waals surface area contributed by atoms with Gasteiger partial charge in [-0.25, -0.2) is 0 Å². The summed E-state index contributed by atoms with van der Waals surface area (Å²) in [4.78, 5) is 4.83. The highest BCUT2D eigenvalue weighted by atomic mass is 35.5. The molecule has 2 unspecified atom stereocenters. The normalized spacial score (nSPS) is 12.5. The molecule has 7 nitrogen and oxygen atoms in total. The zero-order valence-corrected chi connectivity index (χ0v) is 22.0. The van der Waals surface area contributed by atoms with Gasteiger partial charge < -0.3 is 29.4 Å². The van der Waals surface area contributed by atoms with Crippen molar-refractivity contribution >= 4 is 23.2 Å². The third-order valence-corrected chi connectivity index (χ3v) is 6.16. The van der Waals surface area contributed by atoms with Crippen molar-refractivity contribution < 1.29 is 24.1 Å². The Balaban J connectivity index is 0.00000432. The van der Waals surface area contributed by atoms with Gasteiger partial charge in [0.25, 0.3) is 0 Å². The quantitative estimate of drug-likeness (QED) is 0.340. The lowest BCUT2D eigenvalue weighted by Gasteiger charge is -2.22. The first-order valence-corrected chi connectivity index (χ1v) is 11.6. The van der Waals surface area contributed by atoms with Gasteiger partial charge in [0.05, 0.1) is 34.1 Å². The molecule has 0 spiro atoms. The number of ether oxygens (including phenoxy) is 4. The lowest BCUT2D eigenvalue weighted by molar-refractivity contribution is 0.276. The molecule has 0 saturated carbocycles. The van der Waals surface area contributed by atoms with Crippen molar-refractivity contribution in [2.75, 3.05) is 41.6 Å². The summed E-state index contributed by atoms with van der Waals surface area (Å²) in [6.07, 6.45) is 4.40. The van der Waals surface area contributed by atoms with Crippen LogP contribution in [-0.4, -0.2) is 57.7 Å². The van der Waals surface area contributed by atoms with Crippen molar-refractivity contribution in [3.63, 3.8) is 0 Å². The number of hydrogen-bond acceptors (Lipinski definition) is 7. The Kier molecular flexibility index (Phi) is 11.4. The van der Waals surface area contributed by atoms with Gasteiger partial charge in [-0.2, -0.15) is 0 Å². The molecule has 0 radical (unpaired) electrons. The van der Waals surface area contributed by atoms with Gasteiger partial charge in [-0.05, 0) is 74.0 Å². The van der Waals surface area contributed by atoms with Gasteiger partial charge in [0.1, 0.15) is 0 Å². The predicted octanol–water partition coefficient (Wildman–Crippen LogP) is 4.96. The van der Waals surface area contributed by atoms with Crippen LogP contribution in [0.5, 0.6) is 23.0 Å². The van der Waals surface area contributed by atoms with Gasteiger partial charge in [-0.3, -0.25) is 4.98 Å². The molecular weight excluding hydrogens is 468 g/mol. The number of benzene rings is 2. The van der Waals surface area contributed by atoms with Crippen molar-refractivity contribution in [3.05, 3.63) is 53.9 Å². The van der Waals surface area contributed by atoms with Crippen molar-refractivity contribution in [2.45, 2.75) is 38.1 Å². The molecule has 2 N–H and O–H groups in total. The molecule has 2 atom stereocenters. The fourth-order valence-electron chi connectivity index (χ4n) is 4.30. The number of pyridine rings is 1. The molecule has 0 bridgehead atoms. The van der Waals surface area contributed by atoms with Crippen LogP contribution in [0.2, 0.25) is 0 Å². The second-order valence-corrected chi connectivity index (χ2v) is 8.30. The van der Waals surface area contributed by atoms with E-state index in [1.165, 1.54) is 0 Å². The minimum atomic E-state index is 0. The largest absolute Gasteiger partial charge is 0.493 e. The van der Waals surface area contributed by atoms with Crippen molar-refractivity contribution in [3.8, 4) is 23.0 Å². The molecule has 3 aromatic rings. The fourth-order valence-corrected chi connectivity index (χ4v) is 4.30. The number of nitrogens with zero attached hydrogens (tertiary/aromatic N) is 1. The van der Waals surface area contributed by atoms with Gasteiger partial charge in [-0.15, -0.1) is 12.4 Å². The smallest absolute Gasteiger partial charge is 0.161 e. The van der Waals surface area contributed by atoms with E-state index in [0.29, 0.717) is 29.0 Å². The molecule has 0 aliphatic heterocycles. The number of nitrogens with one attached hydrogen (secondary N) is 1. The number of halogens is 1. The van der Waals surface area contributed by atoms with Crippen molar-refractivity contribution in [1.82, 2.24) is 10.3 Å². The number of aromatic nitrogens is 1. The van der Waals surface area contributed by atoms with Crippen LogP contribution in [0.1, 0.15) is 43.4 Å². The Morgan fingerprint density at radius 2 is 1.51 bits per heavy atom. The van der Waals surface area contributed by atoms with Crippen LogP contribution < -0.4 is 24.3 Å². The summed E-state index contributed by atoms with van der Waals surface area (Å²) in [5.41, 5.74) is 2.06. The lowest BCUT2D eigenvalue weighted by Crippen LogP contribution is -2.28. The van der Waals surface area contributed by atoms with Crippen LogP contribution in [0.4, 0.5) is 0 Å². The van der Waals surface area contributed by atoms with Gasteiger partial charge in [-0.1, -0.05) is 6.07 Å². The maximum Gasteiger partial charge on any atom is 0.161 e. The van der Waals surface area contributed by atoms with E-state index in [2.05, 4.69) is 18.3 Å². The molecule has 0 aliphatic rings. The highest BCUT2D eigenvalue weighted by Crippen LogP contribution is 2.39. The van der Waals surface area contributed by atoms with Gasteiger partial charge >= 0.3 is 0 Å². The summed E-state index contributed by atoms with van der Waals surface area (Å²) in [5, 5.41) is 14.8. The molecule has 1 aromatic heterocycles. The molecule has 2 aromatic carbocycles. The Bertz CT molecular complexity index is 1080. The summed E-state index contributed by atoms with van der Waals surface area (Å²) < 4.78 is 22.1. The molecular formula is C27H37ClN2O5. The first kappa shape index (κ1) is 28.5. The van der Waals surface area contributed by atoms with Crippen LogP contribution in [0.25, 0.3) is 10.8 Å². The monoisotopic (exact) mass is 504 g/mol. The van der Waals surface area contributed by atoms with Crippen molar-refractivity contribution in [1.29, 1.82) is 0 Å². The minimum absolute atomic E-state index is 0. The number of aliphatic hydroxyl groups excluding tert-OH is 1. The summed E-state index contributed by atoms with van der Waals surface area (Å²) >= 11 is 0. The van der Waals surface area contributed by atoms with E-state index in [4.69, 9.17) is 29.0 Å². The summed E-state index contributed by atoms with van der Waals surface area (Å²) in [6.45, 7) is 3.16. The van der Waals surface area contributed by atoms with Crippen LogP contribution >= 0.6 is 12.4 Å². The van der Waals surface area contributed by atoms with Gasteiger partial charge in [0.2, 0.25) is 0 Å². The fraction of sp³-hybridized carbons (Fsp3) is 0.444. The van der Waals surface area contributed by atoms with E-state index in [9.17, 15) is 0 Å². The SMILES string of the molecule is COc1ccc(C(CCNC(C)CCCO)c2nccc3cc(OC)c(OC)cc23)cc1OC.Cl. The molecule has 0 fully saturated rings. The van der Waals surface area contributed by atoms with Crippen LogP contribution in [0.3, 0.4) is 0 Å². The number of fused-ring (bicyclic) bond motifs is 1. The first-order chi connectivity index (χ1) is 16.6. The average molecular weight is 505 g/mol. The molecule has 0 amide bonds. The Labute approximate surface area is 214 Å². The number of aliphatic hydroxyl groups is 1. The van der Waals surface area contributed by atoms with E-state index >= 15 is 0 Å². The molecule has 0 saturated heterocycles. The van der Waals surface area contributed by atoms with Crippen LogP contribution in [0, 0.1) is 0 Å². The Morgan fingerprint density at radius 3 is 2.17 bits per heavy atom. The molecule has 35 heavy (non-hydrogen) atoms. The van der Waals surface area contributed by atoms with Crippen LogP contribution in [-0.2, 0) is 0 Å². The number of methoxy groups -OCH3 is 4. The average Bonchev–Trinajstić information content (AvgIpc) is 2.88. The highest BCUT2D eigenvalue weighted by molar-refractivity contribution is 5.88. The standard InChI is InChI=1S/C27H36N2O5.ClH/c1-18(7-6-14-30)28-13-11-21(19-8-9-23(31-2)24(15-19)32-3)27-22-17-26(34-5)25(33-4)16-20(22)10-12-29-27;/h8-10,12,15-18,21,28,30H,6-7,11,13-14H2,1-5H3;1H. The lowest BCUT2D eigenvalue weighted by atomic mass is 9.88. The van der Waals surface area contributed by atoms with E-state index in [-0.39, 0.29) is 24.9 Å². The summed E-state index contributed by atoms with van der Waals surface area (Å²) in [6, 6.07) is 12.3. The maximum absolute atomic E-state index is 9.12. The van der Waals surface area contributed by atoms with E-state index < -0.39 is 0 Å². The second kappa shape index (κ2) is 14.0. The zero-order valence-electron chi connectivity index (χ0n) is 21.2. The molecule has 192 valence electrons. The van der Waals surface area contributed by atoms with E-state index in [1.807, 2.05) is 36.5 Å². The first-order valence-electron chi connectivity index (χ1n) is 11.6. The Morgan fingerprint density at radius 1 is 0.857 bits per heavy atom. The van der Waals surface area contributed by atoms with Gasteiger partial charge in [0, 0.05) is 30.1 Å². The highest BCUT2D eigenvalue weighted by Gasteiger charge is 2.22. The minimum Gasteiger partial charge on any atom is -0.493 e. The molecule has 8 heteroatoms. The predicted molar refractivity (Wildman–Crippen MR) is 142 cm³/mol. The second-order valence-electron chi connectivity index (χ2n) is 8.30.